The third-order valence-electron chi connectivity index (χ3n) is 10.3. The van der Waals surface area contributed by atoms with E-state index in [4.69, 9.17) is 13.8 Å². The molecule has 6 aromatic carbocycles. The summed E-state index contributed by atoms with van der Waals surface area (Å²) in [5, 5.41) is 6.86. The van der Waals surface area contributed by atoms with Gasteiger partial charge < -0.3 is 18.9 Å². The van der Waals surface area contributed by atoms with Gasteiger partial charge in [-0.2, -0.15) is 0 Å². The molecule has 0 spiro atoms. The lowest BCUT2D eigenvalue weighted by Gasteiger charge is -2.21. The van der Waals surface area contributed by atoms with Crippen molar-refractivity contribution in [3.8, 4) is 11.5 Å². The van der Waals surface area contributed by atoms with Crippen LogP contribution in [0, 0.1) is 6.92 Å². The van der Waals surface area contributed by atoms with Gasteiger partial charge in [0.15, 0.2) is 0 Å². The van der Waals surface area contributed by atoms with Crippen LogP contribution in [0.2, 0.25) is 0 Å². The number of hydrogen-bond donors (Lipinski definition) is 0. The Balaban J connectivity index is 1.14. The first-order valence-electron chi connectivity index (χ1n) is 18.3. The highest BCUT2D eigenvalue weighted by molar-refractivity contribution is 6.23. The van der Waals surface area contributed by atoms with E-state index < -0.39 is 6.98 Å². The molecule has 0 fully saturated rings. The molecule has 0 N–H and O–H groups in total. The number of fused-ring (bicyclic) bond motifs is 11. The number of nitrogens with zero attached hydrogens (tertiary/aromatic N) is 5. The summed E-state index contributed by atoms with van der Waals surface area (Å²) in [6.45, 7) is -0.0207. The molecular weight excluding hydrogens is 615 g/mol. The first-order valence-corrected chi connectivity index (χ1v) is 16.8. The second-order valence-corrected chi connectivity index (χ2v) is 13.2. The molecule has 6 nitrogen and oxygen atoms in total. The fraction of sp³-hybridized carbons (Fsp3) is 0.0682. The summed E-state index contributed by atoms with van der Waals surface area (Å²) in [5.74, 6) is 1.36. The van der Waals surface area contributed by atoms with Crippen molar-refractivity contribution >= 4 is 82.6 Å². The Labute approximate surface area is 291 Å². The fourth-order valence-electron chi connectivity index (χ4n) is 8.28. The van der Waals surface area contributed by atoms with E-state index in [0.717, 1.165) is 66.2 Å². The summed E-state index contributed by atoms with van der Waals surface area (Å²) in [6.07, 6.45) is 1.87. The number of anilines is 3. The molecule has 11 rings (SSSR count). The topological polar surface area (TPSA) is 37.4 Å². The number of para-hydroxylation sites is 5. The molecule has 0 atom stereocenters. The van der Waals surface area contributed by atoms with Crippen LogP contribution in [0.5, 0.6) is 11.5 Å². The van der Waals surface area contributed by atoms with Gasteiger partial charge in [0.25, 0.3) is 0 Å². The Kier molecular flexibility index (Phi) is 4.92. The van der Waals surface area contributed by atoms with Crippen LogP contribution >= 0.6 is 0 Å². The van der Waals surface area contributed by atoms with Crippen LogP contribution in [-0.2, 0) is 0 Å². The lowest BCUT2D eigenvalue weighted by molar-refractivity contribution is 0.483. The highest BCUT2D eigenvalue weighted by atomic mass is 16.5. The Hall–Kier alpha value is -6.53. The van der Waals surface area contributed by atoms with Gasteiger partial charge in [0, 0.05) is 67.4 Å². The summed E-state index contributed by atoms with van der Waals surface area (Å²) in [6, 6.07) is 45.9. The van der Waals surface area contributed by atoms with Gasteiger partial charge in [0.1, 0.15) is 17.1 Å². The summed E-state index contributed by atoms with van der Waals surface area (Å²) >= 11 is 0. The van der Waals surface area contributed by atoms with Gasteiger partial charge in [0.05, 0.1) is 45.6 Å². The Morgan fingerprint density at radius 2 is 1.30 bits per heavy atom. The summed E-state index contributed by atoms with van der Waals surface area (Å²) in [5.41, 5.74) is 9.78. The minimum atomic E-state index is -2.27. The number of ether oxygens (including phenoxy) is 1. The van der Waals surface area contributed by atoms with E-state index in [1.807, 2.05) is 66.6 Å². The smallest absolute Gasteiger partial charge is 0.145 e. The molecular formula is C44H31N5O. The molecule has 0 unspecified atom stereocenters. The van der Waals surface area contributed by atoms with E-state index in [1.54, 1.807) is 0 Å². The van der Waals surface area contributed by atoms with E-state index >= 15 is 0 Å². The van der Waals surface area contributed by atoms with Crippen molar-refractivity contribution in [1.82, 2.24) is 13.8 Å². The highest BCUT2D eigenvalue weighted by Crippen LogP contribution is 2.43. The van der Waals surface area contributed by atoms with Crippen LogP contribution in [0.15, 0.2) is 140 Å². The van der Waals surface area contributed by atoms with Crippen molar-refractivity contribution < 1.29 is 8.85 Å². The van der Waals surface area contributed by atoms with Crippen molar-refractivity contribution in [2.75, 3.05) is 23.4 Å². The van der Waals surface area contributed by atoms with E-state index in [-0.39, 0.29) is 6.67 Å². The lowest BCUT2D eigenvalue weighted by Crippen LogP contribution is -2.24. The number of rotatable bonds is 3. The Morgan fingerprint density at radius 1 is 0.580 bits per heavy atom. The predicted molar refractivity (Wildman–Crippen MR) is 207 cm³/mol. The van der Waals surface area contributed by atoms with Crippen LogP contribution in [0.1, 0.15) is 9.68 Å². The number of aryl methyl sites for hydroxylation is 1. The molecule has 50 heavy (non-hydrogen) atoms. The van der Waals surface area contributed by atoms with Gasteiger partial charge in [0.2, 0.25) is 0 Å². The fourth-order valence-corrected chi connectivity index (χ4v) is 8.28. The maximum atomic E-state index is 8.17. The molecule has 5 heterocycles. The van der Waals surface area contributed by atoms with Crippen LogP contribution in [0.25, 0.3) is 65.5 Å². The number of aromatic nitrogens is 3. The van der Waals surface area contributed by atoms with Crippen molar-refractivity contribution in [1.29, 1.82) is 0 Å². The zero-order valence-corrected chi connectivity index (χ0v) is 27.1. The molecule has 0 aliphatic carbocycles. The highest BCUT2D eigenvalue weighted by Gasteiger charge is 2.25. The maximum Gasteiger partial charge on any atom is 0.145 e. The molecule has 10 aromatic rings. The standard InChI is InChI=1S/C44H31N5O/c1-27-22-28(47-26-46(2)38-16-5-6-17-39(38)47)24-30(23-27)50-29-19-20-32-34-13-8-18-40-43(34)49(41(32)25-29)44-36(14-9-21-45-44)35-12-7-11-33-31-10-3-4-15-37(31)48(40)42(33)35/h3-25H,26H2,1-2H3/i2D3. The van der Waals surface area contributed by atoms with Gasteiger partial charge in [-0.1, -0.05) is 60.7 Å². The van der Waals surface area contributed by atoms with E-state index in [1.165, 1.54) is 21.2 Å². The van der Waals surface area contributed by atoms with Crippen LogP contribution in [0.4, 0.5) is 17.1 Å². The van der Waals surface area contributed by atoms with Crippen LogP contribution in [0.3, 0.4) is 0 Å². The molecule has 238 valence electrons. The second kappa shape index (κ2) is 10.00. The van der Waals surface area contributed by atoms with Crippen molar-refractivity contribution in [2.24, 2.45) is 0 Å². The first-order chi connectivity index (χ1) is 25.8. The molecule has 0 bridgehead atoms. The van der Waals surface area contributed by atoms with Crippen molar-refractivity contribution in [2.45, 2.75) is 6.92 Å². The molecule has 1 aliphatic heterocycles. The Bertz CT molecular complexity index is 3160. The number of hydrogen-bond acceptors (Lipinski definition) is 4. The molecule has 0 amide bonds. The second-order valence-electron chi connectivity index (χ2n) is 13.2. The normalized spacial score (nSPS) is 14.4. The van der Waals surface area contributed by atoms with Gasteiger partial charge in [-0.15, -0.1) is 0 Å². The van der Waals surface area contributed by atoms with Crippen LogP contribution < -0.4 is 14.5 Å². The molecule has 1 aliphatic rings. The zero-order chi connectivity index (χ0) is 35.6. The van der Waals surface area contributed by atoms with Gasteiger partial charge in [-0.3, -0.25) is 4.40 Å². The summed E-state index contributed by atoms with van der Waals surface area (Å²) in [7, 11) is 0. The molecule has 0 saturated carbocycles. The SMILES string of the molecule is [2H]C([2H])([2H])N1CN(c2cc(C)cc(Oc3ccc4c5cccc6c5n(c4c3)c3ncccc3c3cccc4c5ccccc5n6c43)c2)c2ccccc21. The average Bonchev–Trinajstić information content (AvgIpc) is 3.82. The molecule has 4 aromatic heterocycles. The largest absolute Gasteiger partial charge is 0.457 e. The quantitative estimate of drug-likeness (QED) is 0.191. The third kappa shape index (κ3) is 3.70. The lowest BCUT2D eigenvalue weighted by atomic mass is 10.1. The van der Waals surface area contributed by atoms with Crippen molar-refractivity contribution in [3.05, 3.63) is 145 Å². The predicted octanol–water partition coefficient (Wildman–Crippen LogP) is 11.0. The number of pyridine rings is 1. The molecule has 6 heteroatoms. The third-order valence-corrected chi connectivity index (χ3v) is 10.3. The monoisotopic (exact) mass is 648 g/mol. The minimum Gasteiger partial charge on any atom is -0.457 e. The number of benzene rings is 6. The van der Waals surface area contributed by atoms with Crippen LogP contribution in [-0.4, -0.2) is 27.4 Å². The van der Waals surface area contributed by atoms with E-state index in [2.05, 4.69) is 93.7 Å². The summed E-state index contributed by atoms with van der Waals surface area (Å²) < 4.78 is 35.9. The summed E-state index contributed by atoms with van der Waals surface area (Å²) in [4.78, 5) is 8.57. The first kappa shape index (κ1) is 24.6. The zero-order valence-electron chi connectivity index (χ0n) is 30.1. The van der Waals surface area contributed by atoms with Gasteiger partial charge in [-0.05, 0) is 73.2 Å². The van der Waals surface area contributed by atoms with E-state index in [9.17, 15) is 0 Å². The molecule has 0 radical (unpaired) electrons. The van der Waals surface area contributed by atoms with E-state index in [0.29, 0.717) is 17.2 Å². The maximum absolute atomic E-state index is 8.17. The average molecular weight is 649 g/mol. The molecule has 0 saturated heterocycles. The Morgan fingerprint density at radius 3 is 2.20 bits per heavy atom. The minimum absolute atomic E-state index is 0.214. The van der Waals surface area contributed by atoms with Gasteiger partial charge in [-0.25, -0.2) is 4.98 Å². The van der Waals surface area contributed by atoms with Crippen molar-refractivity contribution in [3.63, 3.8) is 0 Å². The van der Waals surface area contributed by atoms with Gasteiger partial charge >= 0.3 is 0 Å².